The van der Waals surface area contributed by atoms with Crippen molar-refractivity contribution in [3.8, 4) is 11.3 Å². The Morgan fingerprint density at radius 2 is 1.93 bits per heavy atom. The van der Waals surface area contributed by atoms with Crippen LogP contribution in [0.2, 0.25) is 0 Å². The normalized spacial score (nSPS) is 15.2. The Labute approximate surface area is 165 Å². The third kappa shape index (κ3) is 3.90. The average Bonchev–Trinajstić information content (AvgIpc) is 2.69. The Morgan fingerprint density at radius 1 is 1.11 bits per heavy atom. The molecule has 27 heavy (non-hydrogen) atoms. The van der Waals surface area contributed by atoms with Gasteiger partial charge in [-0.2, -0.15) is 0 Å². The number of oxime groups is 1. The van der Waals surface area contributed by atoms with Crippen LogP contribution in [0.25, 0.3) is 22.3 Å². The average molecular weight is 476 g/mol. The zero-order chi connectivity index (χ0) is 18.8. The van der Waals surface area contributed by atoms with Crippen LogP contribution in [0.4, 0.5) is 10.2 Å². The van der Waals surface area contributed by atoms with E-state index in [2.05, 4.69) is 24.5 Å². The van der Waals surface area contributed by atoms with Crippen LogP contribution in [0.3, 0.4) is 0 Å². The molecule has 0 fully saturated rings. The van der Waals surface area contributed by atoms with E-state index in [0.29, 0.717) is 11.3 Å². The molecule has 6 nitrogen and oxygen atoms in total. The summed E-state index contributed by atoms with van der Waals surface area (Å²) in [5.74, 6) is 1.13. The zero-order valence-electron chi connectivity index (χ0n) is 14.6. The number of pyridine rings is 1. The number of halogens is 2. The van der Waals surface area contributed by atoms with Crippen molar-refractivity contribution in [1.82, 2.24) is 15.0 Å². The topological polar surface area (TPSA) is 72.3 Å². The van der Waals surface area contributed by atoms with Crippen molar-refractivity contribution in [1.29, 1.82) is 0 Å². The van der Waals surface area contributed by atoms with Gasteiger partial charge in [0.25, 0.3) is 0 Å². The summed E-state index contributed by atoms with van der Waals surface area (Å²) in [7, 11) is 0. The van der Waals surface area contributed by atoms with Gasteiger partial charge in [-0.05, 0) is 0 Å². The summed E-state index contributed by atoms with van der Waals surface area (Å²) >= 11 is -0.228. The van der Waals surface area contributed by atoms with Gasteiger partial charge in [0.1, 0.15) is 0 Å². The second-order valence-corrected chi connectivity index (χ2v) is 8.77. The van der Waals surface area contributed by atoms with Crippen molar-refractivity contribution in [3.63, 3.8) is 0 Å². The van der Waals surface area contributed by atoms with Gasteiger partial charge in [-0.15, -0.1) is 0 Å². The molecule has 138 valence electrons. The molecule has 3 heterocycles. The molecular weight excluding hydrogens is 460 g/mol. The number of anilines is 1. The molecule has 0 spiro atoms. The Balaban J connectivity index is 1.66. The van der Waals surface area contributed by atoms with Crippen LogP contribution in [0.15, 0.2) is 57.7 Å². The molecule has 1 aliphatic rings. The molecule has 0 amide bonds. The Hall–Kier alpha value is -2.62. The van der Waals surface area contributed by atoms with Crippen LogP contribution in [0, 0.1) is 5.82 Å². The third-order valence-electron chi connectivity index (χ3n) is 4.00. The van der Waals surface area contributed by atoms with Crippen LogP contribution >= 0.6 is 0 Å². The van der Waals surface area contributed by atoms with E-state index in [-0.39, 0.29) is 33.1 Å². The molecule has 1 aromatic carbocycles. The van der Waals surface area contributed by atoms with Crippen molar-refractivity contribution >= 4 is 20.6 Å². The van der Waals surface area contributed by atoms with Gasteiger partial charge in [-0.1, -0.05) is 0 Å². The van der Waals surface area contributed by atoms with Crippen molar-refractivity contribution in [2.45, 2.75) is 19.9 Å². The Bertz CT molecular complexity index is 1050. The van der Waals surface area contributed by atoms with Gasteiger partial charge in [0.15, 0.2) is 0 Å². The summed E-state index contributed by atoms with van der Waals surface area (Å²) in [6.07, 6.45) is 1.50. The van der Waals surface area contributed by atoms with Gasteiger partial charge in [0.05, 0.1) is 0 Å². The monoisotopic (exact) mass is 476 g/mol. The van der Waals surface area contributed by atoms with Crippen molar-refractivity contribution in [2.75, 3.05) is 5.32 Å². The van der Waals surface area contributed by atoms with Crippen molar-refractivity contribution < 1.29 is 30.4 Å². The maximum atomic E-state index is 13.2. The van der Waals surface area contributed by atoms with E-state index in [1.54, 1.807) is 12.1 Å². The molecule has 3 aromatic rings. The van der Waals surface area contributed by atoms with Gasteiger partial charge in [0.2, 0.25) is 0 Å². The SMILES string of the molecule is CC1=NOC(C(C)Nc2ncnc3ccc(-c4ccc(F)cc4)nc23)=C[I-]1. The Kier molecular flexibility index (Phi) is 4.97. The second kappa shape index (κ2) is 7.55. The van der Waals surface area contributed by atoms with E-state index in [1.165, 1.54) is 18.5 Å². The number of benzene rings is 1. The summed E-state index contributed by atoms with van der Waals surface area (Å²) in [6.45, 7) is 3.96. The standard InChI is InChI=1S/C19H16FIN5O/c1-11(17-9-21-12(2)26-27-17)24-19-18-16(22-10-23-19)8-7-15(25-18)13-3-5-14(20)6-4-13/h3-11H,1-2H3,(H,22,23,24)/q-1. The van der Waals surface area contributed by atoms with E-state index in [4.69, 9.17) is 9.82 Å². The molecule has 1 atom stereocenters. The summed E-state index contributed by atoms with van der Waals surface area (Å²) in [4.78, 5) is 18.8. The van der Waals surface area contributed by atoms with Crippen LogP contribution in [-0.2, 0) is 4.84 Å². The van der Waals surface area contributed by atoms with E-state index >= 15 is 0 Å². The molecule has 1 aliphatic heterocycles. The van der Waals surface area contributed by atoms with E-state index < -0.39 is 0 Å². The van der Waals surface area contributed by atoms with E-state index in [1.807, 2.05) is 26.0 Å². The molecule has 0 saturated carbocycles. The molecule has 1 N–H and O–H groups in total. The number of nitrogens with one attached hydrogen (secondary N) is 1. The van der Waals surface area contributed by atoms with Crippen LogP contribution in [-0.4, -0.2) is 24.7 Å². The van der Waals surface area contributed by atoms with Gasteiger partial charge in [0, 0.05) is 0 Å². The fraction of sp³-hybridized carbons (Fsp3) is 0.158. The number of fused-ring (bicyclic) bond motifs is 1. The molecule has 1 unspecified atom stereocenters. The zero-order valence-corrected chi connectivity index (χ0v) is 16.8. The van der Waals surface area contributed by atoms with Crippen molar-refractivity contribution in [2.24, 2.45) is 5.16 Å². The summed E-state index contributed by atoms with van der Waals surface area (Å²) < 4.78 is 16.3. The molecule has 0 aliphatic carbocycles. The van der Waals surface area contributed by atoms with Crippen LogP contribution in [0.1, 0.15) is 13.8 Å². The predicted molar refractivity (Wildman–Crippen MR) is 98.1 cm³/mol. The molecule has 0 saturated heterocycles. The number of aromatic nitrogens is 3. The summed E-state index contributed by atoms with van der Waals surface area (Å²) in [5, 5.41) is 7.41. The Morgan fingerprint density at radius 3 is 2.67 bits per heavy atom. The molecule has 4 rings (SSSR count). The van der Waals surface area contributed by atoms with E-state index in [0.717, 1.165) is 26.3 Å². The minimum atomic E-state index is -0.277. The summed E-state index contributed by atoms with van der Waals surface area (Å²) in [5.41, 5.74) is 2.93. The number of rotatable bonds is 4. The molecule has 0 radical (unpaired) electrons. The molecule has 2 aromatic heterocycles. The van der Waals surface area contributed by atoms with Crippen molar-refractivity contribution in [3.05, 3.63) is 58.4 Å². The first-order valence-electron chi connectivity index (χ1n) is 8.29. The molecule has 8 heteroatoms. The third-order valence-corrected chi connectivity index (χ3v) is 6.02. The minimum absolute atomic E-state index is 0.101. The predicted octanol–water partition coefficient (Wildman–Crippen LogP) is 0.925. The van der Waals surface area contributed by atoms with E-state index in [9.17, 15) is 4.39 Å². The maximum absolute atomic E-state index is 13.2. The summed E-state index contributed by atoms with van der Waals surface area (Å²) in [6, 6.07) is 9.89. The second-order valence-electron chi connectivity index (χ2n) is 5.96. The fourth-order valence-corrected chi connectivity index (χ4v) is 4.19. The number of hydrogen-bond donors (Lipinski definition) is 1. The quantitative estimate of drug-likeness (QED) is 0.568. The fourth-order valence-electron chi connectivity index (χ4n) is 2.57. The first kappa shape index (κ1) is 17.8. The molecule has 0 bridgehead atoms. The van der Waals surface area contributed by atoms with Gasteiger partial charge in [-0.25, -0.2) is 4.39 Å². The first-order chi connectivity index (χ1) is 13.1. The van der Waals surface area contributed by atoms with Gasteiger partial charge < -0.3 is 0 Å². The number of hydrogen-bond acceptors (Lipinski definition) is 6. The van der Waals surface area contributed by atoms with Gasteiger partial charge in [-0.3, -0.25) is 0 Å². The van der Waals surface area contributed by atoms with Crippen LogP contribution in [0.5, 0.6) is 0 Å². The first-order valence-corrected chi connectivity index (χ1v) is 10.6. The molecular formula is C19H16FIN5O-. The number of nitrogens with zero attached hydrogens (tertiary/aromatic N) is 4. The van der Waals surface area contributed by atoms with Gasteiger partial charge >= 0.3 is 162 Å². The van der Waals surface area contributed by atoms with Crippen LogP contribution < -0.4 is 26.5 Å².